The molecule has 1 atom stereocenters. The van der Waals surface area contributed by atoms with Crippen LogP contribution in [0.15, 0.2) is 93.3 Å². The van der Waals surface area contributed by atoms with E-state index in [2.05, 4.69) is 26.2 Å². The van der Waals surface area contributed by atoms with Crippen LogP contribution in [0.1, 0.15) is 29.1 Å². The summed E-state index contributed by atoms with van der Waals surface area (Å²) in [6.07, 6.45) is 3.11. The molecule has 0 saturated carbocycles. The molecule has 35 heavy (non-hydrogen) atoms. The van der Waals surface area contributed by atoms with Gasteiger partial charge in [-0.3, -0.25) is 24.3 Å². The summed E-state index contributed by atoms with van der Waals surface area (Å²) in [4.78, 5) is 43.9. The zero-order valence-corrected chi connectivity index (χ0v) is 19.9. The molecule has 8 nitrogen and oxygen atoms in total. The quantitative estimate of drug-likeness (QED) is 0.336. The fraction of sp³-hybridized carbons (Fsp3) is 0.0769. The molecule has 1 aliphatic heterocycles. The molecule has 2 aromatic carbocycles. The van der Waals surface area contributed by atoms with E-state index in [1.54, 1.807) is 60.8 Å². The number of aliphatic hydroxyl groups excluding tert-OH is 1. The van der Waals surface area contributed by atoms with Gasteiger partial charge in [-0.2, -0.15) is 0 Å². The van der Waals surface area contributed by atoms with E-state index in [1.165, 1.54) is 18.0 Å². The molecule has 2 N–H and O–H groups in total. The predicted octanol–water partition coefficient (Wildman–Crippen LogP) is 5.33. The number of Topliss-reactive ketones (excluding diaryl/α,β-unsaturated/α-hetero) is 1. The van der Waals surface area contributed by atoms with Crippen LogP contribution < -0.4 is 10.2 Å². The SMILES string of the molecule is CC(=O)Nc1cccc(N2C(=O)C(O)=C(C(=O)c3cc4cc(Br)ccc4o3)C2c2cccnc2)c1. The summed E-state index contributed by atoms with van der Waals surface area (Å²) in [5, 5.41) is 14.3. The number of aliphatic hydroxyl groups is 1. The monoisotopic (exact) mass is 531 g/mol. The molecular weight excluding hydrogens is 514 g/mol. The maximum Gasteiger partial charge on any atom is 0.294 e. The van der Waals surface area contributed by atoms with E-state index in [0.717, 1.165) is 4.47 Å². The van der Waals surface area contributed by atoms with Crippen molar-refractivity contribution < 1.29 is 23.9 Å². The summed E-state index contributed by atoms with van der Waals surface area (Å²) in [6, 6.07) is 15.9. The van der Waals surface area contributed by atoms with Gasteiger partial charge in [0.1, 0.15) is 5.58 Å². The minimum atomic E-state index is -0.962. The second-order valence-electron chi connectivity index (χ2n) is 7.98. The molecule has 5 rings (SSSR count). The molecule has 2 amide bonds. The number of fused-ring (bicyclic) bond motifs is 1. The molecule has 4 aromatic rings. The third-order valence-corrected chi connectivity index (χ3v) is 6.09. The Hall–Kier alpha value is -4.24. The lowest BCUT2D eigenvalue weighted by Gasteiger charge is -2.26. The van der Waals surface area contributed by atoms with Crippen LogP contribution in [0, 0.1) is 0 Å². The van der Waals surface area contributed by atoms with Gasteiger partial charge in [0.25, 0.3) is 5.91 Å². The van der Waals surface area contributed by atoms with E-state index in [0.29, 0.717) is 27.9 Å². The van der Waals surface area contributed by atoms with Gasteiger partial charge in [0.15, 0.2) is 11.5 Å². The summed E-state index contributed by atoms with van der Waals surface area (Å²) in [7, 11) is 0. The Kier molecular flexibility index (Phi) is 5.70. The second kappa shape index (κ2) is 8.84. The van der Waals surface area contributed by atoms with Crippen LogP contribution in [-0.2, 0) is 9.59 Å². The van der Waals surface area contributed by atoms with Gasteiger partial charge in [0.2, 0.25) is 11.7 Å². The summed E-state index contributed by atoms with van der Waals surface area (Å²) >= 11 is 3.40. The maximum atomic E-state index is 13.7. The van der Waals surface area contributed by atoms with Gasteiger partial charge in [0, 0.05) is 40.6 Å². The molecule has 174 valence electrons. The number of aromatic nitrogens is 1. The molecule has 0 aliphatic carbocycles. The van der Waals surface area contributed by atoms with Gasteiger partial charge >= 0.3 is 0 Å². The van der Waals surface area contributed by atoms with Crippen molar-refractivity contribution in [3.05, 3.63) is 100 Å². The van der Waals surface area contributed by atoms with Gasteiger partial charge in [-0.15, -0.1) is 0 Å². The number of furan rings is 1. The fourth-order valence-corrected chi connectivity index (χ4v) is 4.53. The summed E-state index contributed by atoms with van der Waals surface area (Å²) in [6.45, 7) is 1.38. The Bertz CT molecular complexity index is 1530. The highest BCUT2D eigenvalue weighted by Gasteiger charge is 2.45. The molecule has 0 radical (unpaired) electrons. The molecule has 9 heteroatoms. The van der Waals surface area contributed by atoms with Crippen molar-refractivity contribution in [3.63, 3.8) is 0 Å². The third-order valence-electron chi connectivity index (χ3n) is 5.60. The van der Waals surface area contributed by atoms with Crippen molar-refractivity contribution in [2.45, 2.75) is 13.0 Å². The number of halogens is 1. The van der Waals surface area contributed by atoms with Crippen LogP contribution in [0.25, 0.3) is 11.0 Å². The van der Waals surface area contributed by atoms with Crippen LogP contribution >= 0.6 is 15.9 Å². The molecule has 1 unspecified atom stereocenters. The van der Waals surface area contributed by atoms with Crippen molar-refractivity contribution in [1.82, 2.24) is 4.98 Å². The number of rotatable bonds is 5. The minimum absolute atomic E-state index is 0.00446. The van der Waals surface area contributed by atoms with Gasteiger partial charge in [-0.05, 0) is 54.1 Å². The lowest BCUT2D eigenvalue weighted by molar-refractivity contribution is -0.117. The molecule has 0 bridgehead atoms. The first-order valence-corrected chi connectivity index (χ1v) is 11.4. The van der Waals surface area contributed by atoms with E-state index in [-0.39, 0.29) is 17.2 Å². The normalized spacial score (nSPS) is 15.7. The highest BCUT2D eigenvalue weighted by Crippen LogP contribution is 2.42. The molecule has 2 aromatic heterocycles. The first-order chi connectivity index (χ1) is 16.8. The number of nitrogens with one attached hydrogen (secondary N) is 1. The summed E-state index contributed by atoms with van der Waals surface area (Å²) in [5.41, 5.74) is 1.76. The second-order valence-corrected chi connectivity index (χ2v) is 8.90. The van der Waals surface area contributed by atoms with Crippen molar-refractivity contribution in [2.75, 3.05) is 10.2 Å². The standard InChI is InChI=1S/C26H18BrN3O5/c1-14(31)29-18-5-2-6-19(12-18)30-23(15-4-3-9-28-13-15)22(25(33)26(30)34)24(32)21-11-16-10-17(27)7-8-20(16)35-21/h2-13,23,33H,1H3,(H,29,31). The average Bonchev–Trinajstić information content (AvgIpc) is 3.37. The number of carbonyl (C=O) groups is 3. The van der Waals surface area contributed by atoms with Crippen LogP contribution in [0.2, 0.25) is 0 Å². The first-order valence-electron chi connectivity index (χ1n) is 10.6. The number of hydrogen-bond donors (Lipinski definition) is 2. The highest BCUT2D eigenvalue weighted by molar-refractivity contribution is 9.10. The Morgan fingerprint density at radius 3 is 2.69 bits per heavy atom. The van der Waals surface area contributed by atoms with Crippen LogP contribution in [0.3, 0.4) is 0 Å². The van der Waals surface area contributed by atoms with Gasteiger partial charge in [-0.1, -0.05) is 28.1 Å². The molecule has 1 aliphatic rings. The van der Waals surface area contributed by atoms with E-state index in [1.807, 2.05) is 6.07 Å². The number of hydrogen-bond acceptors (Lipinski definition) is 6. The predicted molar refractivity (Wildman–Crippen MR) is 133 cm³/mol. The number of amides is 2. The number of benzene rings is 2. The van der Waals surface area contributed by atoms with Crippen molar-refractivity contribution in [3.8, 4) is 0 Å². The number of nitrogens with zero attached hydrogens (tertiary/aromatic N) is 2. The molecule has 0 spiro atoms. The number of anilines is 2. The molecule has 0 saturated heterocycles. The number of carbonyl (C=O) groups excluding carboxylic acids is 3. The van der Waals surface area contributed by atoms with E-state index < -0.39 is 23.5 Å². The lowest BCUT2D eigenvalue weighted by atomic mass is 9.96. The Balaban J connectivity index is 1.63. The topological polar surface area (TPSA) is 113 Å². The summed E-state index contributed by atoms with van der Waals surface area (Å²) < 4.78 is 6.58. The molecule has 3 heterocycles. The Morgan fingerprint density at radius 1 is 1.11 bits per heavy atom. The van der Waals surface area contributed by atoms with Crippen molar-refractivity contribution in [1.29, 1.82) is 0 Å². The van der Waals surface area contributed by atoms with Crippen molar-refractivity contribution >= 4 is 55.9 Å². The summed E-state index contributed by atoms with van der Waals surface area (Å²) in [5.74, 6) is -2.31. The lowest BCUT2D eigenvalue weighted by Crippen LogP contribution is -2.31. The van der Waals surface area contributed by atoms with Crippen LogP contribution in [0.5, 0.6) is 0 Å². The largest absolute Gasteiger partial charge is 0.503 e. The Labute approximate surface area is 208 Å². The first kappa shape index (κ1) is 22.5. The van der Waals surface area contributed by atoms with Crippen LogP contribution in [0.4, 0.5) is 11.4 Å². The van der Waals surface area contributed by atoms with E-state index in [9.17, 15) is 19.5 Å². The minimum Gasteiger partial charge on any atom is -0.503 e. The number of pyridine rings is 1. The average molecular weight is 532 g/mol. The Morgan fingerprint density at radius 2 is 1.94 bits per heavy atom. The fourth-order valence-electron chi connectivity index (χ4n) is 4.15. The smallest absolute Gasteiger partial charge is 0.294 e. The molecule has 0 fully saturated rings. The number of ketones is 1. The van der Waals surface area contributed by atoms with E-state index in [4.69, 9.17) is 4.42 Å². The van der Waals surface area contributed by atoms with Crippen LogP contribution in [-0.4, -0.2) is 27.7 Å². The molecular formula is C26H18BrN3O5. The van der Waals surface area contributed by atoms with E-state index >= 15 is 0 Å². The van der Waals surface area contributed by atoms with Crippen molar-refractivity contribution in [2.24, 2.45) is 0 Å². The zero-order valence-electron chi connectivity index (χ0n) is 18.4. The zero-order chi connectivity index (χ0) is 24.7. The van der Waals surface area contributed by atoms with Gasteiger partial charge in [-0.25, -0.2) is 0 Å². The van der Waals surface area contributed by atoms with Gasteiger partial charge in [0.05, 0.1) is 11.6 Å². The highest BCUT2D eigenvalue weighted by atomic mass is 79.9. The third kappa shape index (κ3) is 4.10. The maximum absolute atomic E-state index is 13.7. The van der Waals surface area contributed by atoms with Gasteiger partial charge < -0.3 is 14.8 Å².